The number of anilines is 1. The summed E-state index contributed by atoms with van der Waals surface area (Å²) in [5, 5.41) is 17.5. The van der Waals surface area contributed by atoms with Crippen molar-refractivity contribution in [2.75, 3.05) is 31.1 Å². The number of nitrogens with zero attached hydrogens (tertiary/aromatic N) is 6. The van der Waals surface area contributed by atoms with Crippen LogP contribution < -0.4 is 15.8 Å². The van der Waals surface area contributed by atoms with Crippen molar-refractivity contribution in [2.24, 2.45) is 18.9 Å². The second-order valence-electron chi connectivity index (χ2n) is 9.44. The van der Waals surface area contributed by atoms with E-state index >= 15 is 4.39 Å². The van der Waals surface area contributed by atoms with Gasteiger partial charge in [0, 0.05) is 31.1 Å². The Morgan fingerprint density at radius 3 is 2.78 bits per heavy atom. The number of aryl methyl sites for hydroxylation is 1. The first kappa shape index (κ1) is 22.4. The van der Waals surface area contributed by atoms with Crippen LogP contribution in [0.4, 0.5) is 14.6 Å². The monoisotopic (exact) mass is 487 g/mol. The minimum absolute atomic E-state index is 0.0242. The highest BCUT2D eigenvalue weighted by atomic mass is 19.1. The molecule has 10 heteroatoms. The van der Waals surface area contributed by atoms with Gasteiger partial charge in [-0.05, 0) is 67.7 Å². The Labute approximate surface area is 205 Å². The van der Waals surface area contributed by atoms with E-state index < -0.39 is 17.2 Å². The number of aromatic nitrogens is 4. The molecule has 2 unspecified atom stereocenters. The third-order valence-corrected chi connectivity index (χ3v) is 7.35. The summed E-state index contributed by atoms with van der Waals surface area (Å²) in [4.78, 5) is 20.0. The number of benzene rings is 2. The summed E-state index contributed by atoms with van der Waals surface area (Å²) in [6.45, 7) is 2.97. The summed E-state index contributed by atoms with van der Waals surface area (Å²) >= 11 is 0. The lowest BCUT2D eigenvalue weighted by molar-refractivity contribution is 0.345. The van der Waals surface area contributed by atoms with Gasteiger partial charge in [0.05, 0.1) is 23.0 Å². The van der Waals surface area contributed by atoms with Crippen LogP contribution in [0.15, 0.2) is 47.4 Å². The molecule has 2 aromatic carbocycles. The van der Waals surface area contributed by atoms with E-state index in [0.29, 0.717) is 30.6 Å². The Morgan fingerprint density at radius 2 is 1.97 bits per heavy atom. The van der Waals surface area contributed by atoms with Crippen molar-refractivity contribution in [3.63, 3.8) is 0 Å². The van der Waals surface area contributed by atoms with E-state index in [2.05, 4.69) is 15.4 Å². The lowest BCUT2D eigenvalue weighted by Crippen LogP contribution is -2.42. The van der Waals surface area contributed by atoms with Crippen molar-refractivity contribution < 1.29 is 8.78 Å². The lowest BCUT2D eigenvalue weighted by atomic mass is 9.89. The summed E-state index contributed by atoms with van der Waals surface area (Å²) in [6.07, 6.45) is 2.53. The molecule has 4 aromatic rings. The van der Waals surface area contributed by atoms with Crippen LogP contribution in [-0.2, 0) is 7.05 Å². The van der Waals surface area contributed by atoms with Crippen LogP contribution in [0.2, 0.25) is 0 Å². The molecule has 2 aromatic heterocycles. The highest BCUT2D eigenvalue weighted by Crippen LogP contribution is 2.32. The average molecular weight is 488 g/mol. The average Bonchev–Trinajstić information content (AvgIpc) is 3.51. The zero-order valence-corrected chi connectivity index (χ0v) is 19.6. The number of halogens is 2. The van der Waals surface area contributed by atoms with Crippen LogP contribution in [0.1, 0.15) is 12.0 Å². The van der Waals surface area contributed by atoms with Gasteiger partial charge < -0.3 is 10.2 Å². The molecule has 2 aliphatic heterocycles. The minimum Gasteiger partial charge on any atom is -0.354 e. The van der Waals surface area contributed by atoms with Crippen molar-refractivity contribution in [1.29, 1.82) is 5.26 Å². The molecule has 2 aliphatic rings. The molecule has 0 spiro atoms. The number of nitriles is 1. The standard InChI is InChI=1S/C26H23F2N7O/c1-33-22-5-4-20(8-18(22)13-31-33)35-24(15-2-3-16(10-29)21(27)9-15)32-25(23(28)26(35)36)34-7-6-17-11-30-12-19(17)14-34/h2-5,8-9,13,17,19,30H,6-7,11-12,14H2,1H3. The predicted molar refractivity (Wildman–Crippen MR) is 131 cm³/mol. The van der Waals surface area contributed by atoms with Crippen molar-refractivity contribution in [1.82, 2.24) is 24.6 Å². The Morgan fingerprint density at radius 1 is 1.14 bits per heavy atom. The third kappa shape index (κ3) is 3.55. The van der Waals surface area contributed by atoms with E-state index in [4.69, 9.17) is 5.26 Å². The number of hydrogen-bond acceptors (Lipinski definition) is 6. The van der Waals surface area contributed by atoms with Gasteiger partial charge in [0.25, 0.3) is 5.56 Å². The molecule has 4 heterocycles. The zero-order valence-electron chi connectivity index (χ0n) is 19.6. The summed E-state index contributed by atoms with van der Waals surface area (Å²) in [6, 6.07) is 11.0. The van der Waals surface area contributed by atoms with Crippen LogP contribution in [0.5, 0.6) is 0 Å². The molecule has 0 amide bonds. The topological polar surface area (TPSA) is 91.8 Å². The van der Waals surface area contributed by atoms with E-state index in [9.17, 15) is 9.18 Å². The first-order chi connectivity index (χ1) is 17.4. The molecule has 2 saturated heterocycles. The van der Waals surface area contributed by atoms with Crippen molar-refractivity contribution >= 4 is 16.7 Å². The van der Waals surface area contributed by atoms with Crippen molar-refractivity contribution in [2.45, 2.75) is 6.42 Å². The van der Waals surface area contributed by atoms with Crippen LogP contribution in [0.25, 0.3) is 28.0 Å². The van der Waals surface area contributed by atoms with Gasteiger partial charge in [-0.2, -0.15) is 14.8 Å². The second kappa shape index (κ2) is 8.53. The van der Waals surface area contributed by atoms with Gasteiger partial charge in [-0.1, -0.05) is 0 Å². The molecule has 0 saturated carbocycles. The molecule has 0 aliphatic carbocycles. The van der Waals surface area contributed by atoms with Gasteiger partial charge in [-0.25, -0.2) is 9.37 Å². The van der Waals surface area contributed by atoms with Crippen LogP contribution in [-0.4, -0.2) is 45.5 Å². The van der Waals surface area contributed by atoms with E-state index in [1.54, 1.807) is 42.2 Å². The Bertz CT molecular complexity index is 1600. The number of hydrogen-bond donors (Lipinski definition) is 1. The molecule has 1 N–H and O–H groups in total. The highest BCUT2D eigenvalue weighted by molar-refractivity contribution is 5.81. The summed E-state index contributed by atoms with van der Waals surface area (Å²) in [7, 11) is 1.80. The van der Waals surface area contributed by atoms with E-state index in [1.807, 2.05) is 4.90 Å². The number of rotatable bonds is 3. The van der Waals surface area contributed by atoms with Gasteiger partial charge in [0.2, 0.25) is 5.82 Å². The van der Waals surface area contributed by atoms with Gasteiger partial charge in [-0.15, -0.1) is 0 Å². The largest absolute Gasteiger partial charge is 0.354 e. The minimum atomic E-state index is -0.941. The number of piperidine rings is 1. The molecule has 182 valence electrons. The lowest BCUT2D eigenvalue weighted by Gasteiger charge is -2.35. The zero-order chi connectivity index (χ0) is 25.0. The fourth-order valence-electron chi connectivity index (χ4n) is 5.39. The Kier molecular flexibility index (Phi) is 5.30. The molecule has 2 atom stereocenters. The first-order valence-electron chi connectivity index (χ1n) is 11.8. The SMILES string of the molecule is Cn1ncc2cc(-n3c(-c4ccc(C#N)c(F)c4)nc(N4CCC5CNCC5C4)c(F)c3=O)ccc21. The molecule has 0 bridgehead atoms. The maximum Gasteiger partial charge on any atom is 0.296 e. The Balaban J connectivity index is 1.55. The molecular weight excluding hydrogens is 464 g/mol. The highest BCUT2D eigenvalue weighted by Gasteiger charge is 2.35. The first-order valence-corrected chi connectivity index (χ1v) is 11.8. The van der Waals surface area contributed by atoms with E-state index in [0.717, 1.165) is 41.0 Å². The molecule has 36 heavy (non-hydrogen) atoms. The van der Waals surface area contributed by atoms with E-state index in [-0.39, 0.29) is 22.8 Å². The number of nitrogens with one attached hydrogen (secondary N) is 1. The smallest absolute Gasteiger partial charge is 0.296 e. The van der Waals surface area contributed by atoms with Gasteiger partial charge in [-0.3, -0.25) is 14.0 Å². The maximum absolute atomic E-state index is 15.7. The molecule has 2 fully saturated rings. The molecule has 0 radical (unpaired) electrons. The van der Waals surface area contributed by atoms with Crippen LogP contribution in [0.3, 0.4) is 0 Å². The maximum atomic E-state index is 15.7. The quantitative estimate of drug-likeness (QED) is 0.478. The van der Waals surface area contributed by atoms with Gasteiger partial charge in [0.1, 0.15) is 17.7 Å². The number of fused-ring (bicyclic) bond motifs is 2. The van der Waals surface area contributed by atoms with Crippen molar-refractivity contribution in [3.8, 4) is 23.1 Å². The van der Waals surface area contributed by atoms with Crippen LogP contribution >= 0.6 is 0 Å². The van der Waals surface area contributed by atoms with Crippen LogP contribution in [0, 0.1) is 34.8 Å². The van der Waals surface area contributed by atoms with E-state index in [1.165, 1.54) is 12.1 Å². The molecular formula is C26H23F2N7O. The van der Waals surface area contributed by atoms with Crippen molar-refractivity contribution in [3.05, 3.63) is 70.1 Å². The predicted octanol–water partition coefficient (Wildman–Crippen LogP) is 2.98. The molecule has 6 rings (SSSR count). The van der Waals surface area contributed by atoms with Gasteiger partial charge in [0.15, 0.2) is 5.82 Å². The Hall–Kier alpha value is -4.10. The summed E-state index contributed by atoms with van der Waals surface area (Å²) in [5.41, 5.74) is 0.513. The summed E-state index contributed by atoms with van der Waals surface area (Å²) < 4.78 is 33.2. The fourth-order valence-corrected chi connectivity index (χ4v) is 5.39. The summed E-state index contributed by atoms with van der Waals surface area (Å²) in [5.74, 6) is -0.710. The van der Waals surface area contributed by atoms with Gasteiger partial charge >= 0.3 is 0 Å². The second-order valence-corrected chi connectivity index (χ2v) is 9.44. The third-order valence-electron chi connectivity index (χ3n) is 7.35. The normalized spacial score (nSPS) is 19.4. The molecule has 8 nitrogen and oxygen atoms in total. The fraction of sp³-hybridized carbons (Fsp3) is 0.308.